The zero-order chi connectivity index (χ0) is 16.9. The van der Waals surface area contributed by atoms with Crippen LogP contribution in [-0.4, -0.2) is 45.8 Å². The minimum atomic E-state index is -1.38. The normalized spacial score (nSPS) is 13.2. The van der Waals surface area contributed by atoms with Gasteiger partial charge in [0, 0.05) is 24.0 Å². The lowest BCUT2D eigenvalue weighted by atomic mass is 9.94. The number of nitrogens with two attached hydrogens (primary N) is 2. The summed E-state index contributed by atoms with van der Waals surface area (Å²) in [5, 5.41) is 17.4. The molecule has 0 saturated carbocycles. The van der Waals surface area contributed by atoms with Gasteiger partial charge >= 0.3 is 11.9 Å². The number of carbonyl (C=O) groups excluding carboxylic acids is 2. The maximum atomic E-state index is 12.1. The Kier molecular flexibility index (Phi) is 5.90. The molecule has 8 nitrogen and oxygen atoms in total. The van der Waals surface area contributed by atoms with Crippen molar-refractivity contribution >= 4 is 23.5 Å². The molecule has 0 aliphatic carbocycles. The largest absolute Gasteiger partial charge is 0.480 e. The van der Waals surface area contributed by atoms with Crippen molar-refractivity contribution in [2.24, 2.45) is 11.5 Å². The first-order valence-corrected chi connectivity index (χ1v) is 6.36. The molecule has 6 N–H and O–H groups in total. The van der Waals surface area contributed by atoms with E-state index >= 15 is 0 Å². The van der Waals surface area contributed by atoms with Gasteiger partial charge in [0.1, 0.15) is 12.1 Å². The lowest BCUT2D eigenvalue weighted by Gasteiger charge is -2.11. The molecule has 0 amide bonds. The highest BCUT2D eigenvalue weighted by atomic mass is 16.4. The Hall–Kier alpha value is -2.58. The van der Waals surface area contributed by atoms with Crippen LogP contribution in [0.5, 0.6) is 0 Å². The molecule has 1 aromatic carbocycles. The first-order valence-electron chi connectivity index (χ1n) is 6.36. The number of carboxylic acid groups (broad SMARTS) is 2. The summed E-state index contributed by atoms with van der Waals surface area (Å²) in [6, 6.07) is 2.97. The van der Waals surface area contributed by atoms with E-state index in [1.54, 1.807) is 0 Å². The molecule has 22 heavy (non-hydrogen) atoms. The van der Waals surface area contributed by atoms with E-state index in [9.17, 15) is 19.2 Å². The van der Waals surface area contributed by atoms with Crippen molar-refractivity contribution in [1.29, 1.82) is 0 Å². The molecule has 118 valence electrons. The van der Waals surface area contributed by atoms with E-state index in [-0.39, 0.29) is 11.1 Å². The first-order chi connectivity index (χ1) is 10.2. The van der Waals surface area contributed by atoms with Crippen LogP contribution in [-0.2, 0) is 9.59 Å². The molecule has 0 aliphatic heterocycles. The molecular formula is C14H16N2O6. The average molecular weight is 308 g/mol. The summed E-state index contributed by atoms with van der Waals surface area (Å²) in [6.45, 7) is 0. The fourth-order valence-electron chi connectivity index (χ4n) is 1.76. The van der Waals surface area contributed by atoms with E-state index in [4.69, 9.17) is 21.7 Å². The zero-order valence-corrected chi connectivity index (χ0v) is 11.6. The lowest BCUT2D eigenvalue weighted by Crippen LogP contribution is -2.34. The molecule has 0 heterocycles. The number of carbonyl (C=O) groups is 4. The number of ketones is 2. The highest BCUT2D eigenvalue weighted by Crippen LogP contribution is 2.15. The monoisotopic (exact) mass is 308 g/mol. The third-order valence-electron chi connectivity index (χ3n) is 2.97. The van der Waals surface area contributed by atoms with E-state index in [1.165, 1.54) is 24.3 Å². The zero-order valence-electron chi connectivity index (χ0n) is 11.6. The Balaban J connectivity index is 2.99. The number of benzene rings is 1. The second-order valence-corrected chi connectivity index (χ2v) is 4.69. The summed E-state index contributed by atoms with van der Waals surface area (Å²) in [5.41, 5.74) is 10.6. The van der Waals surface area contributed by atoms with Gasteiger partial charge in [-0.15, -0.1) is 0 Å². The Morgan fingerprint density at radius 1 is 0.818 bits per heavy atom. The molecule has 0 spiro atoms. The summed E-state index contributed by atoms with van der Waals surface area (Å²) in [6.07, 6.45) is -0.935. The molecule has 0 unspecified atom stereocenters. The smallest absolute Gasteiger partial charge is 0.320 e. The van der Waals surface area contributed by atoms with Crippen LogP contribution in [0.1, 0.15) is 33.6 Å². The van der Waals surface area contributed by atoms with Gasteiger partial charge < -0.3 is 21.7 Å². The number of hydrogen-bond acceptors (Lipinski definition) is 6. The Morgan fingerprint density at radius 2 is 1.14 bits per heavy atom. The minimum Gasteiger partial charge on any atom is -0.480 e. The molecular weight excluding hydrogens is 292 g/mol. The minimum absolute atomic E-state index is 0.00166. The van der Waals surface area contributed by atoms with Gasteiger partial charge in [-0.05, 0) is 0 Å². The van der Waals surface area contributed by atoms with Crippen LogP contribution in [0.4, 0.5) is 0 Å². The fourth-order valence-corrected chi connectivity index (χ4v) is 1.76. The Labute approximate surface area is 125 Å². The van der Waals surface area contributed by atoms with E-state index in [1.807, 2.05) is 0 Å². The van der Waals surface area contributed by atoms with E-state index in [0.717, 1.165) is 0 Å². The number of aliphatic carboxylic acids is 2. The highest BCUT2D eigenvalue weighted by molar-refractivity contribution is 6.10. The molecule has 0 aliphatic rings. The topological polar surface area (TPSA) is 161 Å². The van der Waals surface area contributed by atoms with Crippen molar-refractivity contribution in [1.82, 2.24) is 0 Å². The van der Waals surface area contributed by atoms with Crippen molar-refractivity contribution in [2.75, 3.05) is 0 Å². The fraction of sp³-hybridized carbons (Fsp3) is 0.286. The van der Waals surface area contributed by atoms with Crippen LogP contribution < -0.4 is 11.5 Å². The van der Waals surface area contributed by atoms with Crippen molar-refractivity contribution in [3.63, 3.8) is 0 Å². The quantitative estimate of drug-likeness (QED) is 0.474. The van der Waals surface area contributed by atoms with Gasteiger partial charge in [0.25, 0.3) is 0 Å². The van der Waals surface area contributed by atoms with Gasteiger partial charge in [-0.1, -0.05) is 24.3 Å². The summed E-state index contributed by atoms with van der Waals surface area (Å²) >= 11 is 0. The molecule has 0 bridgehead atoms. The van der Waals surface area contributed by atoms with Crippen molar-refractivity contribution in [3.8, 4) is 0 Å². The van der Waals surface area contributed by atoms with Gasteiger partial charge in [0.2, 0.25) is 0 Å². The predicted molar refractivity (Wildman–Crippen MR) is 75.6 cm³/mol. The lowest BCUT2D eigenvalue weighted by molar-refractivity contribution is -0.139. The maximum absolute atomic E-state index is 12.1. The van der Waals surface area contributed by atoms with Crippen LogP contribution in [0.2, 0.25) is 0 Å². The molecule has 0 saturated heterocycles. The van der Waals surface area contributed by atoms with Gasteiger partial charge in [0.15, 0.2) is 11.6 Å². The second kappa shape index (κ2) is 7.43. The van der Waals surface area contributed by atoms with Gasteiger partial charge in [-0.25, -0.2) is 0 Å². The van der Waals surface area contributed by atoms with Crippen LogP contribution in [0.3, 0.4) is 0 Å². The van der Waals surface area contributed by atoms with Crippen molar-refractivity contribution < 1.29 is 29.4 Å². The van der Waals surface area contributed by atoms with Gasteiger partial charge in [-0.2, -0.15) is 0 Å². The molecule has 0 radical (unpaired) electrons. The SMILES string of the molecule is N[C@@H](CC(=O)c1ccccc1C(=O)C[C@H](N)C(=O)O)C(=O)O. The molecule has 8 heteroatoms. The number of rotatable bonds is 8. The van der Waals surface area contributed by atoms with Crippen LogP contribution in [0, 0.1) is 0 Å². The standard InChI is InChI=1S/C14H16N2O6/c15-9(13(19)20)5-11(17)7-3-1-2-4-8(7)12(18)6-10(16)14(21)22/h1-4,9-10H,5-6,15-16H2,(H,19,20)(H,21,22)/t9-,10-/m0/s1. The third kappa shape index (κ3) is 4.47. The number of carboxylic acids is 2. The third-order valence-corrected chi connectivity index (χ3v) is 2.97. The van der Waals surface area contributed by atoms with Crippen LogP contribution in [0.15, 0.2) is 24.3 Å². The number of hydrogen-bond donors (Lipinski definition) is 4. The van der Waals surface area contributed by atoms with E-state index in [0.29, 0.717) is 0 Å². The highest BCUT2D eigenvalue weighted by Gasteiger charge is 2.24. The summed E-state index contributed by atoms with van der Waals surface area (Å²) in [5.74, 6) is -3.87. The van der Waals surface area contributed by atoms with Crippen molar-refractivity contribution in [3.05, 3.63) is 35.4 Å². The average Bonchev–Trinajstić information content (AvgIpc) is 2.46. The van der Waals surface area contributed by atoms with Crippen LogP contribution >= 0.6 is 0 Å². The summed E-state index contributed by atoms with van der Waals surface area (Å²) in [7, 11) is 0. The van der Waals surface area contributed by atoms with Gasteiger partial charge in [-0.3, -0.25) is 19.2 Å². The summed E-state index contributed by atoms with van der Waals surface area (Å²) in [4.78, 5) is 45.5. The number of Topliss-reactive ketones (excluding diaryl/α,β-unsaturated/α-hetero) is 2. The maximum Gasteiger partial charge on any atom is 0.320 e. The second-order valence-electron chi connectivity index (χ2n) is 4.69. The Morgan fingerprint density at radius 3 is 1.41 bits per heavy atom. The molecule has 1 aromatic rings. The Bertz CT molecular complexity index is 560. The van der Waals surface area contributed by atoms with E-state index < -0.39 is 48.4 Å². The van der Waals surface area contributed by atoms with E-state index in [2.05, 4.69) is 0 Å². The van der Waals surface area contributed by atoms with Crippen LogP contribution in [0.25, 0.3) is 0 Å². The molecule has 1 rings (SSSR count). The predicted octanol–water partition coefficient (Wildman–Crippen LogP) is -0.344. The molecule has 0 fully saturated rings. The summed E-state index contributed by atoms with van der Waals surface area (Å²) < 4.78 is 0. The first kappa shape index (κ1) is 17.5. The van der Waals surface area contributed by atoms with Crippen molar-refractivity contribution in [2.45, 2.75) is 24.9 Å². The van der Waals surface area contributed by atoms with Gasteiger partial charge in [0.05, 0.1) is 0 Å². The molecule has 0 aromatic heterocycles. The molecule has 2 atom stereocenters.